The standard InChI is InChI=1S/C24H31N3O2S/c1-5-14-25-23(30)27-26-18-19-8-6-9-22(17-19)29-16-7-15-28-21-12-10-20(11-13-21)24(2,3)4/h5-6,8-13,17-18H,1,7,14-16H2,2-4H3,(H2,25,27,30)/b26-18+. The van der Waals surface area contributed by atoms with E-state index in [1.165, 1.54) is 5.56 Å². The Hall–Kier alpha value is -2.86. The van der Waals surface area contributed by atoms with E-state index < -0.39 is 0 Å². The predicted molar refractivity (Wildman–Crippen MR) is 129 cm³/mol. The van der Waals surface area contributed by atoms with Gasteiger partial charge in [0.2, 0.25) is 0 Å². The molecule has 160 valence electrons. The monoisotopic (exact) mass is 425 g/mol. The summed E-state index contributed by atoms with van der Waals surface area (Å²) < 4.78 is 11.6. The lowest BCUT2D eigenvalue weighted by atomic mass is 9.87. The van der Waals surface area contributed by atoms with Crippen LogP contribution in [0.5, 0.6) is 11.5 Å². The van der Waals surface area contributed by atoms with E-state index in [-0.39, 0.29) is 5.41 Å². The second kappa shape index (κ2) is 12.0. The van der Waals surface area contributed by atoms with E-state index in [1.807, 2.05) is 36.4 Å². The topological polar surface area (TPSA) is 54.9 Å². The smallest absolute Gasteiger partial charge is 0.187 e. The summed E-state index contributed by atoms with van der Waals surface area (Å²) in [5.41, 5.74) is 5.12. The van der Waals surface area contributed by atoms with Crippen LogP contribution in [-0.4, -0.2) is 31.1 Å². The highest BCUT2D eigenvalue weighted by Crippen LogP contribution is 2.24. The molecule has 5 nitrogen and oxygen atoms in total. The third kappa shape index (κ3) is 8.66. The molecule has 0 aliphatic carbocycles. The van der Waals surface area contributed by atoms with Gasteiger partial charge in [-0.25, -0.2) is 0 Å². The molecular formula is C24H31N3O2S. The van der Waals surface area contributed by atoms with Gasteiger partial charge in [0, 0.05) is 13.0 Å². The van der Waals surface area contributed by atoms with Gasteiger partial charge in [-0.15, -0.1) is 6.58 Å². The molecule has 0 amide bonds. The second-order valence-electron chi connectivity index (χ2n) is 7.77. The molecule has 0 fully saturated rings. The van der Waals surface area contributed by atoms with Crippen LogP contribution in [0.2, 0.25) is 0 Å². The van der Waals surface area contributed by atoms with Crippen molar-refractivity contribution in [3.8, 4) is 11.5 Å². The van der Waals surface area contributed by atoms with Crippen molar-refractivity contribution in [2.24, 2.45) is 5.10 Å². The van der Waals surface area contributed by atoms with E-state index in [4.69, 9.17) is 21.7 Å². The molecule has 0 aliphatic heterocycles. The molecule has 2 N–H and O–H groups in total. The van der Waals surface area contributed by atoms with Crippen LogP contribution >= 0.6 is 12.2 Å². The number of nitrogens with zero attached hydrogens (tertiary/aromatic N) is 1. The molecule has 0 aliphatic rings. The van der Waals surface area contributed by atoms with E-state index in [0.717, 1.165) is 23.5 Å². The van der Waals surface area contributed by atoms with Crippen molar-refractivity contribution in [2.75, 3.05) is 19.8 Å². The molecule has 0 bridgehead atoms. The van der Waals surface area contributed by atoms with Crippen molar-refractivity contribution in [3.05, 3.63) is 72.3 Å². The Labute approximate surface area is 185 Å². The average molecular weight is 426 g/mol. The molecule has 2 rings (SSSR count). The molecule has 0 unspecified atom stereocenters. The molecule has 0 atom stereocenters. The van der Waals surface area contributed by atoms with Crippen LogP contribution < -0.4 is 20.2 Å². The van der Waals surface area contributed by atoms with Crippen molar-refractivity contribution in [2.45, 2.75) is 32.6 Å². The molecule has 0 spiro atoms. The summed E-state index contributed by atoms with van der Waals surface area (Å²) in [6.07, 6.45) is 4.22. The van der Waals surface area contributed by atoms with Crippen LogP contribution in [-0.2, 0) is 5.41 Å². The van der Waals surface area contributed by atoms with Gasteiger partial charge < -0.3 is 14.8 Å². The van der Waals surface area contributed by atoms with E-state index in [9.17, 15) is 0 Å². The molecule has 0 heterocycles. The number of nitrogens with one attached hydrogen (secondary N) is 2. The highest BCUT2D eigenvalue weighted by molar-refractivity contribution is 7.80. The summed E-state index contributed by atoms with van der Waals surface area (Å²) in [5, 5.41) is 7.50. The van der Waals surface area contributed by atoms with Gasteiger partial charge in [0.15, 0.2) is 5.11 Å². The minimum Gasteiger partial charge on any atom is -0.493 e. The first-order valence-corrected chi connectivity index (χ1v) is 10.4. The summed E-state index contributed by atoms with van der Waals surface area (Å²) in [4.78, 5) is 0. The van der Waals surface area contributed by atoms with E-state index in [2.05, 4.69) is 55.3 Å². The molecule has 0 saturated carbocycles. The predicted octanol–water partition coefficient (Wildman–Crippen LogP) is 4.82. The van der Waals surface area contributed by atoms with Gasteiger partial charge in [0.25, 0.3) is 0 Å². The quantitative estimate of drug-likeness (QED) is 0.188. The first-order chi connectivity index (χ1) is 14.4. The Morgan fingerprint density at radius 1 is 1.07 bits per heavy atom. The fourth-order valence-electron chi connectivity index (χ4n) is 2.54. The first-order valence-electron chi connectivity index (χ1n) is 10.0. The summed E-state index contributed by atoms with van der Waals surface area (Å²) in [5.74, 6) is 1.68. The number of hydrogen-bond donors (Lipinski definition) is 2. The van der Waals surface area contributed by atoms with Crippen LogP contribution in [0, 0.1) is 0 Å². The Balaban J connectivity index is 1.70. The fourth-order valence-corrected chi connectivity index (χ4v) is 2.68. The molecular weight excluding hydrogens is 394 g/mol. The van der Waals surface area contributed by atoms with E-state index in [1.54, 1.807) is 12.3 Å². The maximum absolute atomic E-state index is 5.82. The third-order valence-corrected chi connectivity index (χ3v) is 4.43. The Morgan fingerprint density at radius 2 is 1.77 bits per heavy atom. The number of thiocarbonyl (C=S) groups is 1. The summed E-state index contributed by atoms with van der Waals surface area (Å²) in [7, 11) is 0. The molecule has 2 aromatic carbocycles. The van der Waals surface area contributed by atoms with Crippen molar-refractivity contribution in [3.63, 3.8) is 0 Å². The highest BCUT2D eigenvalue weighted by Gasteiger charge is 2.12. The first kappa shape index (κ1) is 23.4. The molecule has 0 aromatic heterocycles. The van der Waals surface area contributed by atoms with Crippen molar-refractivity contribution >= 4 is 23.5 Å². The maximum Gasteiger partial charge on any atom is 0.187 e. The average Bonchev–Trinajstić information content (AvgIpc) is 2.72. The Kier molecular flexibility index (Phi) is 9.35. The van der Waals surface area contributed by atoms with Gasteiger partial charge in [0.05, 0.1) is 19.4 Å². The number of hydrogen-bond acceptors (Lipinski definition) is 4. The van der Waals surface area contributed by atoms with E-state index in [0.29, 0.717) is 24.9 Å². The molecule has 0 saturated heterocycles. The Morgan fingerprint density at radius 3 is 2.43 bits per heavy atom. The lowest BCUT2D eigenvalue weighted by Crippen LogP contribution is -2.31. The van der Waals surface area contributed by atoms with Crippen LogP contribution in [0.4, 0.5) is 0 Å². The van der Waals surface area contributed by atoms with Gasteiger partial charge in [-0.3, -0.25) is 5.43 Å². The summed E-state index contributed by atoms with van der Waals surface area (Å²) in [6.45, 7) is 12.0. The lowest BCUT2D eigenvalue weighted by Gasteiger charge is -2.19. The fraction of sp³-hybridized carbons (Fsp3) is 0.333. The normalized spacial score (nSPS) is 11.2. The SMILES string of the molecule is C=CCNC(=S)N/N=C/c1cccc(OCCCOc2ccc(C(C)(C)C)cc2)c1. The van der Waals surface area contributed by atoms with Crippen LogP contribution in [0.25, 0.3) is 0 Å². The highest BCUT2D eigenvalue weighted by atomic mass is 32.1. The Bertz CT molecular complexity index is 842. The minimum absolute atomic E-state index is 0.149. The lowest BCUT2D eigenvalue weighted by molar-refractivity contribution is 0.247. The van der Waals surface area contributed by atoms with Crippen molar-refractivity contribution in [1.29, 1.82) is 0 Å². The molecule has 0 radical (unpaired) electrons. The largest absolute Gasteiger partial charge is 0.493 e. The second-order valence-corrected chi connectivity index (χ2v) is 8.17. The number of rotatable bonds is 10. The van der Waals surface area contributed by atoms with Crippen molar-refractivity contribution in [1.82, 2.24) is 10.7 Å². The zero-order valence-electron chi connectivity index (χ0n) is 18.0. The molecule has 6 heteroatoms. The van der Waals surface area contributed by atoms with Gasteiger partial charge in [-0.05, 0) is 53.0 Å². The van der Waals surface area contributed by atoms with Gasteiger partial charge in [-0.1, -0.05) is 51.1 Å². The zero-order valence-corrected chi connectivity index (χ0v) is 18.8. The third-order valence-electron chi connectivity index (χ3n) is 4.19. The van der Waals surface area contributed by atoms with E-state index >= 15 is 0 Å². The molecule has 30 heavy (non-hydrogen) atoms. The minimum atomic E-state index is 0.149. The zero-order chi connectivity index (χ0) is 21.8. The maximum atomic E-state index is 5.82. The van der Waals surface area contributed by atoms with Gasteiger partial charge in [-0.2, -0.15) is 5.10 Å². The summed E-state index contributed by atoms with van der Waals surface area (Å²) in [6, 6.07) is 16.0. The number of ether oxygens (including phenoxy) is 2. The van der Waals surface area contributed by atoms with Crippen LogP contribution in [0.1, 0.15) is 38.3 Å². The van der Waals surface area contributed by atoms with Gasteiger partial charge >= 0.3 is 0 Å². The van der Waals surface area contributed by atoms with Crippen LogP contribution in [0.15, 0.2) is 66.3 Å². The van der Waals surface area contributed by atoms with Gasteiger partial charge in [0.1, 0.15) is 11.5 Å². The van der Waals surface area contributed by atoms with Crippen molar-refractivity contribution < 1.29 is 9.47 Å². The van der Waals surface area contributed by atoms with Crippen LogP contribution in [0.3, 0.4) is 0 Å². The summed E-state index contributed by atoms with van der Waals surface area (Å²) >= 11 is 5.08. The number of hydrazone groups is 1. The molecule has 2 aromatic rings. The number of benzene rings is 2.